The third kappa shape index (κ3) is 12.8. The zero-order valence-electron chi connectivity index (χ0n) is 69.2. The Morgan fingerprint density at radius 1 is 0.291 bits per heavy atom. The number of aryl methyl sites for hydroxylation is 10. The molecule has 0 aliphatic heterocycles. The van der Waals surface area contributed by atoms with Crippen LogP contribution in [-0.2, 0) is 33.6 Å². The average molecular weight is 1540 g/mol. The van der Waals surface area contributed by atoms with Crippen LogP contribution in [0.2, 0.25) is 0 Å². The lowest BCUT2D eigenvalue weighted by Gasteiger charge is -2.21. The van der Waals surface area contributed by atoms with Crippen LogP contribution in [0, 0.1) is 41.5 Å². The van der Waals surface area contributed by atoms with Crippen LogP contribution < -0.4 is 18.3 Å². The van der Waals surface area contributed by atoms with E-state index in [-0.39, 0.29) is 5.41 Å². The lowest BCUT2D eigenvalue weighted by Crippen LogP contribution is -2.33. The van der Waals surface area contributed by atoms with Crippen molar-refractivity contribution in [1.29, 1.82) is 0 Å². The Bertz CT molecular complexity index is 7380. The van der Waals surface area contributed by atoms with Crippen LogP contribution in [0.3, 0.4) is 0 Å². The molecular formula is C105H98N8O4+4. The summed E-state index contributed by atoms with van der Waals surface area (Å²) < 4.78 is 34.5. The average Bonchev–Trinajstić information content (AvgIpc) is 1.62. The summed E-state index contributed by atoms with van der Waals surface area (Å²) in [6.45, 7) is 19.8. The van der Waals surface area contributed by atoms with Crippen LogP contribution in [0.4, 0.5) is 0 Å². The van der Waals surface area contributed by atoms with Crippen LogP contribution in [0.15, 0.2) is 255 Å². The highest BCUT2D eigenvalue weighted by molar-refractivity contribution is 6.26. The van der Waals surface area contributed by atoms with Gasteiger partial charge in [-0.15, -0.1) is 0 Å². The number of hydrogen-bond donors (Lipinski definition) is 0. The number of benzene rings is 8. The lowest BCUT2D eigenvalue weighted by atomic mass is 9.84. The van der Waals surface area contributed by atoms with Gasteiger partial charge in [0.1, 0.15) is 28.2 Å². The molecule has 0 saturated heterocycles. The maximum absolute atomic E-state index is 6.40. The van der Waals surface area contributed by atoms with Gasteiger partial charge in [0.15, 0.2) is 47.1 Å². The monoisotopic (exact) mass is 1530 g/mol. The van der Waals surface area contributed by atoms with E-state index in [1.54, 1.807) is 24.8 Å². The molecule has 0 N–H and O–H groups in total. The van der Waals surface area contributed by atoms with Crippen LogP contribution in [0.25, 0.3) is 176 Å². The molecule has 2 aliphatic rings. The van der Waals surface area contributed by atoms with E-state index < -0.39 is 0 Å². The predicted octanol–water partition coefficient (Wildman–Crippen LogP) is 25.4. The third-order valence-electron chi connectivity index (χ3n) is 25.7. The smallest absolute Gasteiger partial charge is 0.227 e. The minimum atomic E-state index is 0.104. The minimum Gasteiger partial charge on any atom is -0.437 e. The van der Waals surface area contributed by atoms with Gasteiger partial charge < -0.3 is 17.7 Å². The largest absolute Gasteiger partial charge is 0.437 e. The Kier molecular flexibility index (Phi) is 18.9. The molecule has 0 unspecified atom stereocenters. The Hall–Kier alpha value is -12.8. The minimum absolute atomic E-state index is 0.104. The van der Waals surface area contributed by atoms with Gasteiger partial charge in [-0.1, -0.05) is 150 Å². The van der Waals surface area contributed by atoms with Gasteiger partial charge in [0.2, 0.25) is 45.6 Å². The van der Waals surface area contributed by atoms with Crippen molar-refractivity contribution >= 4 is 131 Å². The lowest BCUT2D eigenvalue weighted by molar-refractivity contribution is -0.661. The number of aromatic nitrogens is 8. The van der Waals surface area contributed by atoms with E-state index in [1.807, 2.05) is 24.3 Å². The second kappa shape index (κ2) is 29.8. The zero-order valence-corrected chi connectivity index (χ0v) is 69.2. The van der Waals surface area contributed by atoms with Crippen molar-refractivity contribution in [2.75, 3.05) is 0 Å². The molecule has 12 heteroatoms. The van der Waals surface area contributed by atoms with Gasteiger partial charge >= 0.3 is 0 Å². The Morgan fingerprint density at radius 3 is 0.889 bits per heavy atom. The van der Waals surface area contributed by atoms with Crippen molar-refractivity contribution in [2.45, 2.75) is 137 Å². The molecule has 0 atom stereocenters. The van der Waals surface area contributed by atoms with Crippen molar-refractivity contribution < 1.29 is 35.9 Å². The van der Waals surface area contributed by atoms with Crippen LogP contribution in [-0.4, -0.2) is 19.9 Å². The van der Waals surface area contributed by atoms with E-state index in [1.165, 1.54) is 173 Å². The molecule has 2 saturated carbocycles. The van der Waals surface area contributed by atoms with Gasteiger partial charge in [-0.3, -0.25) is 0 Å². The molecule has 0 bridgehead atoms. The SMILES string of the molecule is Cc1c(-c2ccc(C(C)(C)C)c[n+]2C)c2oc3ncccc3c2c2ccccc12.Cc1c(-c2ccc(C3CCCC3)c[n+]2C)c2oc3ncccc3c2c2ccccc12.Cc1c(-c2ccc(C3CCCCC3)c[n+]2C)c2oc3ncccc3c2c2ccccc12.Cc1cc(-c2c(C)c3ccccc3c3c2oc2ncccc23)[n+](C)cc1C. The highest BCUT2D eigenvalue weighted by atomic mass is 16.4. The molecule has 2 fully saturated rings. The molecule has 20 aromatic rings. The van der Waals surface area contributed by atoms with Crippen LogP contribution >= 0.6 is 0 Å². The van der Waals surface area contributed by atoms with Crippen LogP contribution in [0.1, 0.15) is 140 Å². The number of furan rings is 4. The Morgan fingerprint density at radius 2 is 0.573 bits per heavy atom. The van der Waals surface area contributed by atoms with Gasteiger partial charge in [0, 0.05) is 114 Å². The molecule has 117 heavy (non-hydrogen) atoms. The van der Waals surface area contributed by atoms with Crippen molar-refractivity contribution in [2.24, 2.45) is 28.2 Å². The fourth-order valence-corrected chi connectivity index (χ4v) is 19.5. The highest BCUT2D eigenvalue weighted by Gasteiger charge is 2.32. The first-order valence-electron chi connectivity index (χ1n) is 41.6. The van der Waals surface area contributed by atoms with E-state index in [0.717, 1.165) is 87.9 Å². The molecule has 2 aliphatic carbocycles. The molecular weight excluding hydrogens is 1440 g/mol. The number of hydrogen-bond acceptors (Lipinski definition) is 8. The van der Waals surface area contributed by atoms with Gasteiger partial charge in [-0.25, -0.2) is 38.2 Å². The standard InChI is InChI=1S/C28H27N2O.C27H25N2O.C26H25N2O.C24H21N2O/c1-18-21-11-6-7-12-22(21)26-23-13-8-16-29-28(23)31-27(26)25(18)24-15-14-20(17-30(24)2)19-9-4-3-5-10-19;1-17-20-10-5-6-11-21(20)25-22-12-7-15-28-27(22)30-26(25)24(17)23-14-13-19(16-29(23)2)18-8-3-4-9-18;1-16-18-9-6-7-10-19(18)23-20-11-8-14-27-25(20)29-24(23)22(16)21-13-12-17(15-28(21)5)26(2,3)4;1-14-12-20(26(4)13-15(14)2)21-16(3)17-8-5-6-9-18(17)22-19-10-7-11-25-24(19)27-23(21)22/h6-8,11-17,19H,3-5,9-10H2,1-2H3;5-7,10-16,18H,3-4,8-9H2,1-2H3;6-15H,1-5H3;5-13H,1-4H3/q4*+1. The summed E-state index contributed by atoms with van der Waals surface area (Å²) in [5.41, 5.74) is 27.6. The third-order valence-corrected chi connectivity index (χ3v) is 25.7. The quantitative estimate of drug-likeness (QED) is 0.151. The summed E-state index contributed by atoms with van der Waals surface area (Å²) in [7, 11) is 8.55. The molecule has 8 aromatic carbocycles. The number of pyridine rings is 8. The fraction of sp³-hybridized carbons (Fsp3) is 0.238. The van der Waals surface area contributed by atoms with Gasteiger partial charge in [0.25, 0.3) is 0 Å². The number of rotatable bonds is 6. The van der Waals surface area contributed by atoms with Crippen LogP contribution in [0.5, 0.6) is 0 Å². The molecule has 12 aromatic heterocycles. The van der Waals surface area contributed by atoms with E-state index in [0.29, 0.717) is 34.7 Å². The molecule has 0 radical (unpaired) electrons. The fourth-order valence-electron chi connectivity index (χ4n) is 19.5. The number of fused-ring (bicyclic) bond motifs is 20. The van der Waals surface area contributed by atoms with E-state index >= 15 is 0 Å². The maximum atomic E-state index is 6.40. The molecule has 578 valence electrons. The Balaban J connectivity index is 0.000000104. The molecule has 22 rings (SSSR count). The summed E-state index contributed by atoms with van der Waals surface area (Å²) >= 11 is 0. The van der Waals surface area contributed by atoms with E-state index in [9.17, 15) is 0 Å². The summed E-state index contributed by atoms with van der Waals surface area (Å²) in [5.74, 6) is 1.40. The normalized spacial score (nSPS) is 13.6. The summed E-state index contributed by atoms with van der Waals surface area (Å²) in [6, 6.07) is 66.7. The van der Waals surface area contributed by atoms with Crippen molar-refractivity contribution in [3.8, 4) is 45.0 Å². The summed E-state index contributed by atoms with van der Waals surface area (Å²) in [5, 5.41) is 18.8. The second-order valence-corrected chi connectivity index (χ2v) is 33.9. The second-order valence-electron chi connectivity index (χ2n) is 33.9. The van der Waals surface area contributed by atoms with Gasteiger partial charge in [-0.05, 0) is 222 Å². The van der Waals surface area contributed by atoms with Crippen molar-refractivity contribution in [3.05, 3.63) is 288 Å². The first-order chi connectivity index (χ1) is 56.9. The molecule has 12 heterocycles. The van der Waals surface area contributed by atoms with E-state index in [2.05, 4.69) is 317 Å². The van der Waals surface area contributed by atoms with Crippen molar-refractivity contribution in [3.63, 3.8) is 0 Å². The zero-order chi connectivity index (χ0) is 80.2. The van der Waals surface area contributed by atoms with E-state index in [4.69, 9.17) is 17.7 Å². The summed E-state index contributed by atoms with van der Waals surface area (Å²) in [4.78, 5) is 18.0. The van der Waals surface area contributed by atoms with Gasteiger partial charge in [-0.2, -0.15) is 0 Å². The summed E-state index contributed by atoms with van der Waals surface area (Å²) in [6.07, 6.45) is 28.3. The molecule has 0 amide bonds. The maximum Gasteiger partial charge on any atom is 0.227 e. The highest BCUT2D eigenvalue weighted by Crippen LogP contribution is 2.48. The molecule has 0 spiro atoms. The first kappa shape index (κ1) is 74.3. The number of nitrogens with zero attached hydrogens (tertiary/aromatic N) is 8. The van der Waals surface area contributed by atoms with Gasteiger partial charge in [0.05, 0.1) is 22.3 Å². The predicted molar refractivity (Wildman–Crippen MR) is 477 cm³/mol. The first-order valence-corrected chi connectivity index (χ1v) is 41.6. The Labute approximate surface area is 681 Å². The van der Waals surface area contributed by atoms with Crippen molar-refractivity contribution in [1.82, 2.24) is 19.9 Å². The molecule has 12 nitrogen and oxygen atoms in total. The topological polar surface area (TPSA) is 120 Å².